The summed E-state index contributed by atoms with van der Waals surface area (Å²) in [6, 6.07) is 12.0. The van der Waals surface area contributed by atoms with Crippen LogP contribution in [-0.4, -0.2) is 56.1 Å². The number of benzene rings is 2. The number of para-hydroxylation sites is 1. The van der Waals surface area contributed by atoms with Gasteiger partial charge in [-0.25, -0.2) is 0 Å². The summed E-state index contributed by atoms with van der Waals surface area (Å²) in [5, 5.41) is 3.71. The number of carbonyl (C=O) groups excluding carboxylic acids is 4. The van der Waals surface area contributed by atoms with E-state index in [0.29, 0.717) is 5.69 Å². The summed E-state index contributed by atoms with van der Waals surface area (Å²) in [7, 11) is 2.82. The molecule has 10 heteroatoms. The summed E-state index contributed by atoms with van der Waals surface area (Å²) < 4.78 is 15.5. The van der Waals surface area contributed by atoms with Gasteiger partial charge in [-0.05, 0) is 30.7 Å². The van der Waals surface area contributed by atoms with Gasteiger partial charge in [0.1, 0.15) is 17.1 Å². The number of anilines is 1. The van der Waals surface area contributed by atoms with Crippen molar-refractivity contribution in [1.29, 1.82) is 0 Å². The number of hydrazine groups is 1. The first-order valence-corrected chi connectivity index (χ1v) is 10.2. The van der Waals surface area contributed by atoms with Gasteiger partial charge in [-0.15, -0.1) is 0 Å². The van der Waals surface area contributed by atoms with Gasteiger partial charge in [-0.3, -0.25) is 29.6 Å². The molecule has 10 nitrogen and oxygen atoms in total. The van der Waals surface area contributed by atoms with Crippen LogP contribution in [0.25, 0.3) is 0 Å². The first-order chi connectivity index (χ1) is 15.8. The molecular formula is C23H25N3O7. The van der Waals surface area contributed by atoms with Crippen LogP contribution in [0.1, 0.15) is 22.3 Å². The minimum Gasteiger partial charge on any atom is -0.496 e. The van der Waals surface area contributed by atoms with Crippen molar-refractivity contribution < 1.29 is 33.4 Å². The predicted molar refractivity (Wildman–Crippen MR) is 118 cm³/mol. The van der Waals surface area contributed by atoms with E-state index >= 15 is 0 Å². The lowest BCUT2D eigenvalue weighted by molar-refractivity contribution is -0.151. The number of hydrogen-bond acceptors (Lipinski definition) is 7. The van der Waals surface area contributed by atoms with Gasteiger partial charge < -0.3 is 19.5 Å². The second-order valence-corrected chi connectivity index (χ2v) is 7.35. The van der Waals surface area contributed by atoms with E-state index in [0.717, 1.165) is 10.6 Å². The fourth-order valence-electron chi connectivity index (χ4n) is 3.38. The Hall–Kier alpha value is -4.08. The van der Waals surface area contributed by atoms with Crippen molar-refractivity contribution in [2.24, 2.45) is 5.92 Å². The number of amides is 3. The van der Waals surface area contributed by atoms with Crippen molar-refractivity contribution in [2.45, 2.75) is 13.3 Å². The van der Waals surface area contributed by atoms with Crippen LogP contribution in [0, 0.1) is 12.8 Å². The zero-order chi connectivity index (χ0) is 24.0. The Kier molecular flexibility index (Phi) is 7.50. The molecule has 0 aromatic heterocycles. The molecule has 2 N–H and O–H groups in total. The van der Waals surface area contributed by atoms with Gasteiger partial charge in [0.05, 0.1) is 26.7 Å². The second kappa shape index (κ2) is 10.5. The van der Waals surface area contributed by atoms with Crippen LogP contribution in [-0.2, 0) is 19.1 Å². The van der Waals surface area contributed by atoms with Crippen molar-refractivity contribution in [1.82, 2.24) is 10.4 Å². The molecule has 2 aromatic rings. The molecule has 1 heterocycles. The second-order valence-electron chi connectivity index (χ2n) is 7.35. The molecule has 0 bridgehead atoms. The molecular weight excluding hydrogens is 430 g/mol. The summed E-state index contributed by atoms with van der Waals surface area (Å²) in [4.78, 5) is 49.6. The van der Waals surface area contributed by atoms with Crippen LogP contribution in [0.3, 0.4) is 0 Å². The van der Waals surface area contributed by atoms with Gasteiger partial charge in [-0.1, -0.05) is 24.3 Å². The number of hydrogen-bond donors (Lipinski definition) is 2. The van der Waals surface area contributed by atoms with E-state index in [4.69, 9.17) is 14.2 Å². The lowest BCUT2D eigenvalue weighted by Crippen LogP contribution is -2.43. The first kappa shape index (κ1) is 23.6. The largest absolute Gasteiger partial charge is 0.496 e. The normalized spacial score (nSPS) is 15.1. The van der Waals surface area contributed by atoms with Crippen LogP contribution >= 0.6 is 0 Å². The molecule has 2 aromatic carbocycles. The average molecular weight is 455 g/mol. The summed E-state index contributed by atoms with van der Waals surface area (Å²) in [5.74, 6) is -2.54. The molecule has 174 valence electrons. The highest BCUT2D eigenvalue weighted by Gasteiger charge is 2.37. The summed E-state index contributed by atoms with van der Waals surface area (Å²) >= 11 is 0. The average Bonchev–Trinajstić information content (AvgIpc) is 3.18. The van der Waals surface area contributed by atoms with Crippen LogP contribution in [0.2, 0.25) is 0 Å². The Bertz CT molecular complexity index is 1050. The molecule has 1 aliphatic rings. The molecule has 1 aliphatic heterocycles. The van der Waals surface area contributed by atoms with Gasteiger partial charge >= 0.3 is 5.97 Å². The molecule has 0 spiro atoms. The first-order valence-electron chi connectivity index (χ1n) is 10.2. The smallest absolute Gasteiger partial charge is 0.311 e. The Morgan fingerprint density at radius 2 is 1.70 bits per heavy atom. The van der Waals surface area contributed by atoms with Gasteiger partial charge in [0.25, 0.3) is 11.8 Å². The molecule has 3 amide bonds. The van der Waals surface area contributed by atoms with E-state index in [9.17, 15) is 19.2 Å². The molecule has 0 radical (unpaired) electrons. The van der Waals surface area contributed by atoms with Crippen molar-refractivity contribution in [3.63, 3.8) is 0 Å². The van der Waals surface area contributed by atoms with E-state index in [1.165, 1.54) is 14.2 Å². The van der Waals surface area contributed by atoms with Crippen LogP contribution < -0.4 is 20.2 Å². The summed E-state index contributed by atoms with van der Waals surface area (Å²) in [6.07, 6.45) is -0.151. The lowest BCUT2D eigenvalue weighted by Gasteiger charge is -2.19. The highest BCUT2D eigenvalue weighted by Crippen LogP contribution is 2.28. The van der Waals surface area contributed by atoms with Crippen LogP contribution in [0.4, 0.5) is 5.69 Å². The standard InChI is InChI=1S/C23H25N3O7/c1-14-7-4-5-8-16(14)24-19(27)13-33-23(30)15-11-20(28)26(12-15)25-22(29)21-17(31-2)9-6-10-18(21)32-3/h4-10,15H,11-13H2,1-3H3,(H,24,27)(H,25,29)/t15-/m1/s1. The van der Waals surface area contributed by atoms with Crippen molar-refractivity contribution >= 4 is 29.4 Å². The van der Waals surface area contributed by atoms with Crippen LogP contribution in [0.15, 0.2) is 42.5 Å². The number of nitrogens with zero attached hydrogens (tertiary/aromatic N) is 1. The third-order valence-electron chi connectivity index (χ3n) is 5.11. The number of methoxy groups -OCH3 is 2. The van der Waals surface area contributed by atoms with Gasteiger partial charge in [0.2, 0.25) is 5.91 Å². The van der Waals surface area contributed by atoms with E-state index in [1.54, 1.807) is 30.3 Å². The molecule has 3 rings (SSSR count). The summed E-state index contributed by atoms with van der Waals surface area (Å²) in [5.41, 5.74) is 4.09. The molecule has 1 atom stereocenters. The quantitative estimate of drug-likeness (QED) is 0.581. The number of esters is 1. The Labute approximate surface area is 190 Å². The number of rotatable bonds is 8. The van der Waals surface area contributed by atoms with Crippen LogP contribution in [0.5, 0.6) is 11.5 Å². The topological polar surface area (TPSA) is 123 Å². The predicted octanol–water partition coefficient (Wildman–Crippen LogP) is 1.69. The molecule has 0 unspecified atom stereocenters. The highest BCUT2D eigenvalue weighted by molar-refractivity contribution is 6.01. The molecule has 33 heavy (non-hydrogen) atoms. The van der Waals surface area contributed by atoms with Crippen molar-refractivity contribution in [3.05, 3.63) is 53.6 Å². The van der Waals surface area contributed by atoms with Crippen molar-refractivity contribution in [2.75, 3.05) is 32.7 Å². The fourth-order valence-corrected chi connectivity index (χ4v) is 3.38. The number of aryl methyl sites for hydroxylation is 1. The molecule has 0 saturated carbocycles. The van der Waals surface area contributed by atoms with Gasteiger partial charge in [0.15, 0.2) is 6.61 Å². The summed E-state index contributed by atoms with van der Waals surface area (Å²) in [6.45, 7) is 1.28. The maximum Gasteiger partial charge on any atom is 0.311 e. The Morgan fingerprint density at radius 1 is 1.03 bits per heavy atom. The molecule has 0 aliphatic carbocycles. The lowest BCUT2D eigenvalue weighted by atomic mass is 10.1. The van der Waals surface area contributed by atoms with E-state index < -0.39 is 36.2 Å². The van der Waals surface area contributed by atoms with E-state index in [2.05, 4.69) is 10.7 Å². The highest BCUT2D eigenvalue weighted by atomic mass is 16.5. The Morgan fingerprint density at radius 3 is 2.33 bits per heavy atom. The maximum atomic E-state index is 12.8. The van der Waals surface area contributed by atoms with Crippen molar-refractivity contribution in [3.8, 4) is 11.5 Å². The van der Waals surface area contributed by atoms with Gasteiger partial charge in [0, 0.05) is 12.1 Å². The minimum atomic E-state index is -0.816. The number of nitrogens with one attached hydrogen (secondary N) is 2. The maximum absolute atomic E-state index is 12.8. The third-order valence-corrected chi connectivity index (χ3v) is 5.11. The molecule has 1 saturated heterocycles. The van der Waals surface area contributed by atoms with Gasteiger partial charge in [-0.2, -0.15) is 0 Å². The zero-order valence-corrected chi connectivity index (χ0v) is 18.5. The van der Waals surface area contributed by atoms with E-state index in [-0.39, 0.29) is 30.0 Å². The molecule has 1 fully saturated rings. The SMILES string of the molecule is COc1cccc(OC)c1C(=O)NN1C[C@H](C(=O)OCC(=O)Nc2ccccc2C)CC1=O. The minimum absolute atomic E-state index is 0.0831. The zero-order valence-electron chi connectivity index (χ0n) is 18.5. The number of carbonyl (C=O) groups is 4. The van der Waals surface area contributed by atoms with E-state index in [1.807, 2.05) is 19.1 Å². The monoisotopic (exact) mass is 455 g/mol. The fraction of sp³-hybridized carbons (Fsp3) is 0.304. The third kappa shape index (κ3) is 5.59. The number of ether oxygens (including phenoxy) is 3. The Balaban J connectivity index is 1.56.